The number of nitrogens with one attached hydrogen (secondary N) is 1. The number of aromatic amines is 1. The Morgan fingerprint density at radius 2 is 1.82 bits per heavy atom. The van der Waals surface area contributed by atoms with Crippen molar-refractivity contribution >= 4 is 34.4 Å². The fourth-order valence-electron chi connectivity index (χ4n) is 2.00. The molecule has 1 heterocycles. The van der Waals surface area contributed by atoms with E-state index in [9.17, 15) is 9.59 Å². The number of rotatable bonds is 4. The van der Waals surface area contributed by atoms with Crippen LogP contribution in [-0.4, -0.2) is 28.3 Å². The van der Waals surface area contributed by atoms with E-state index in [-0.39, 0.29) is 12.4 Å². The third-order valence-electron chi connectivity index (χ3n) is 3.16. The number of ketones is 1. The van der Waals surface area contributed by atoms with E-state index < -0.39 is 5.97 Å². The number of halogens is 1. The van der Waals surface area contributed by atoms with E-state index in [1.807, 2.05) is 0 Å². The van der Waals surface area contributed by atoms with Gasteiger partial charge < -0.3 is 9.72 Å². The Labute approximate surface area is 130 Å². The molecule has 0 bridgehead atoms. The Bertz CT molecular complexity index is 840. The summed E-state index contributed by atoms with van der Waals surface area (Å²) in [5.41, 5.74) is 2.30. The minimum absolute atomic E-state index is 0.285. The van der Waals surface area contributed by atoms with Gasteiger partial charge in [0.1, 0.15) is 0 Å². The maximum absolute atomic E-state index is 12.0. The molecule has 0 unspecified atom stereocenters. The molecule has 0 saturated heterocycles. The highest BCUT2D eigenvalue weighted by Crippen LogP contribution is 2.13. The summed E-state index contributed by atoms with van der Waals surface area (Å²) in [5.74, 6) is -0.841. The zero-order valence-electron chi connectivity index (χ0n) is 11.4. The smallest absolute Gasteiger partial charge is 0.338 e. The lowest BCUT2D eigenvalue weighted by molar-refractivity contribution is 0.0475. The van der Waals surface area contributed by atoms with Gasteiger partial charge in [-0.25, -0.2) is 9.78 Å². The summed E-state index contributed by atoms with van der Waals surface area (Å²) in [6.45, 7) is -0.318. The number of ether oxygens (including phenoxy) is 1. The lowest BCUT2D eigenvalue weighted by Gasteiger charge is -2.04. The first-order valence-electron chi connectivity index (χ1n) is 6.52. The van der Waals surface area contributed by atoms with Gasteiger partial charge >= 0.3 is 5.97 Å². The summed E-state index contributed by atoms with van der Waals surface area (Å²) in [6, 6.07) is 11.4. The number of aromatic nitrogens is 2. The Balaban J connectivity index is 1.66. The highest BCUT2D eigenvalue weighted by atomic mass is 35.5. The molecule has 0 radical (unpaired) electrons. The molecule has 5 nitrogen and oxygen atoms in total. The second kappa shape index (κ2) is 5.99. The fraction of sp³-hybridized carbons (Fsp3) is 0.0625. The molecular formula is C16H11ClN2O3. The van der Waals surface area contributed by atoms with Gasteiger partial charge in [0.2, 0.25) is 0 Å². The highest BCUT2D eigenvalue weighted by Gasteiger charge is 2.12. The zero-order chi connectivity index (χ0) is 15.5. The van der Waals surface area contributed by atoms with Gasteiger partial charge in [-0.1, -0.05) is 11.6 Å². The van der Waals surface area contributed by atoms with Gasteiger partial charge in [0.25, 0.3) is 0 Å². The molecule has 2 aromatic carbocycles. The molecule has 0 atom stereocenters. The van der Waals surface area contributed by atoms with Crippen molar-refractivity contribution in [3.63, 3.8) is 0 Å². The minimum atomic E-state index is -0.557. The average Bonchev–Trinajstić information content (AvgIpc) is 3.00. The Hall–Kier alpha value is -2.66. The average molecular weight is 315 g/mol. The first-order chi connectivity index (χ1) is 10.6. The predicted molar refractivity (Wildman–Crippen MR) is 82.2 cm³/mol. The van der Waals surface area contributed by atoms with Crippen molar-refractivity contribution in [1.29, 1.82) is 0 Å². The van der Waals surface area contributed by atoms with E-state index in [4.69, 9.17) is 16.3 Å². The SMILES string of the molecule is O=C(COC(=O)c1ccc2nc[nH]c2c1)c1ccc(Cl)cc1. The fourth-order valence-corrected chi connectivity index (χ4v) is 2.12. The van der Waals surface area contributed by atoms with Crippen LogP contribution in [0.1, 0.15) is 20.7 Å². The summed E-state index contributed by atoms with van der Waals surface area (Å²) in [7, 11) is 0. The maximum atomic E-state index is 12.0. The van der Waals surface area contributed by atoms with E-state index in [1.165, 1.54) is 0 Å². The number of hydrogen-bond acceptors (Lipinski definition) is 4. The molecule has 0 aliphatic carbocycles. The van der Waals surface area contributed by atoms with Crippen LogP contribution in [0.25, 0.3) is 11.0 Å². The lowest BCUT2D eigenvalue weighted by atomic mass is 10.1. The first kappa shape index (κ1) is 14.3. The number of esters is 1. The molecule has 6 heteroatoms. The number of carbonyl (C=O) groups excluding carboxylic acids is 2. The molecule has 1 N–H and O–H groups in total. The monoisotopic (exact) mass is 314 g/mol. The summed E-state index contributed by atoms with van der Waals surface area (Å²) in [5, 5.41) is 0.543. The molecule has 0 amide bonds. The molecular weight excluding hydrogens is 304 g/mol. The van der Waals surface area contributed by atoms with Crippen molar-refractivity contribution in [2.75, 3.05) is 6.61 Å². The molecule has 0 spiro atoms. The largest absolute Gasteiger partial charge is 0.454 e. The molecule has 0 saturated carbocycles. The van der Waals surface area contributed by atoms with Crippen LogP contribution < -0.4 is 0 Å². The van der Waals surface area contributed by atoms with Gasteiger partial charge in [-0.2, -0.15) is 0 Å². The van der Waals surface area contributed by atoms with E-state index in [0.29, 0.717) is 16.1 Å². The third kappa shape index (κ3) is 2.99. The number of fused-ring (bicyclic) bond motifs is 1. The van der Waals surface area contributed by atoms with Crippen LogP contribution in [0.4, 0.5) is 0 Å². The van der Waals surface area contributed by atoms with Crippen molar-refractivity contribution in [1.82, 2.24) is 9.97 Å². The summed E-state index contributed by atoms with van der Waals surface area (Å²) in [6.07, 6.45) is 1.55. The van der Waals surface area contributed by atoms with Gasteiger partial charge in [0, 0.05) is 10.6 Å². The zero-order valence-corrected chi connectivity index (χ0v) is 12.1. The van der Waals surface area contributed by atoms with Crippen LogP contribution in [0.3, 0.4) is 0 Å². The van der Waals surface area contributed by atoms with Crippen LogP contribution in [-0.2, 0) is 4.74 Å². The Morgan fingerprint density at radius 1 is 1.09 bits per heavy atom. The van der Waals surface area contributed by atoms with Crippen LogP contribution in [0.15, 0.2) is 48.8 Å². The second-order valence-corrected chi connectivity index (χ2v) is 5.08. The van der Waals surface area contributed by atoms with Gasteiger partial charge in [-0.15, -0.1) is 0 Å². The summed E-state index contributed by atoms with van der Waals surface area (Å²) in [4.78, 5) is 30.9. The van der Waals surface area contributed by atoms with Gasteiger partial charge in [-0.05, 0) is 42.5 Å². The number of hydrogen-bond donors (Lipinski definition) is 1. The van der Waals surface area contributed by atoms with E-state index in [1.54, 1.807) is 48.8 Å². The van der Waals surface area contributed by atoms with E-state index >= 15 is 0 Å². The van der Waals surface area contributed by atoms with Gasteiger partial charge in [0.05, 0.1) is 22.9 Å². The van der Waals surface area contributed by atoms with Crippen molar-refractivity contribution in [2.45, 2.75) is 0 Å². The summed E-state index contributed by atoms with van der Waals surface area (Å²) >= 11 is 5.76. The highest BCUT2D eigenvalue weighted by molar-refractivity contribution is 6.30. The van der Waals surface area contributed by atoms with Crippen LogP contribution in [0.5, 0.6) is 0 Å². The number of carbonyl (C=O) groups is 2. The first-order valence-corrected chi connectivity index (χ1v) is 6.90. The maximum Gasteiger partial charge on any atom is 0.338 e. The molecule has 3 rings (SSSR count). The van der Waals surface area contributed by atoms with Crippen LogP contribution >= 0.6 is 11.6 Å². The van der Waals surface area contributed by atoms with Crippen molar-refractivity contribution in [3.05, 3.63) is 64.9 Å². The molecule has 3 aromatic rings. The predicted octanol–water partition coefficient (Wildman–Crippen LogP) is 3.26. The molecule has 0 aliphatic heterocycles. The van der Waals surface area contributed by atoms with Crippen molar-refractivity contribution in [3.8, 4) is 0 Å². The number of H-pyrrole nitrogens is 1. The third-order valence-corrected chi connectivity index (χ3v) is 3.41. The second-order valence-electron chi connectivity index (χ2n) is 4.64. The molecule has 110 valence electrons. The van der Waals surface area contributed by atoms with Crippen LogP contribution in [0.2, 0.25) is 5.02 Å². The quantitative estimate of drug-likeness (QED) is 0.592. The number of benzene rings is 2. The van der Waals surface area contributed by atoms with Crippen molar-refractivity contribution in [2.24, 2.45) is 0 Å². The molecule has 1 aromatic heterocycles. The molecule has 0 aliphatic rings. The van der Waals surface area contributed by atoms with E-state index in [0.717, 1.165) is 11.0 Å². The van der Waals surface area contributed by atoms with Crippen LogP contribution in [0, 0.1) is 0 Å². The Kier molecular flexibility index (Phi) is 3.89. The normalized spacial score (nSPS) is 10.6. The van der Waals surface area contributed by atoms with Gasteiger partial charge in [0.15, 0.2) is 12.4 Å². The van der Waals surface area contributed by atoms with Gasteiger partial charge in [-0.3, -0.25) is 4.79 Å². The number of imidazole rings is 1. The minimum Gasteiger partial charge on any atom is -0.454 e. The van der Waals surface area contributed by atoms with E-state index in [2.05, 4.69) is 9.97 Å². The van der Waals surface area contributed by atoms with Crippen molar-refractivity contribution < 1.29 is 14.3 Å². The molecule has 0 fully saturated rings. The number of Topliss-reactive ketones (excluding diaryl/α,β-unsaturated/α-hetero) is 1. The topological polar surface area (TPSA) is 72.1 Å². The number of nitrogens with zero attached hydrogens (tertiary/aromatic N) is 1. The summed E-state index contributed by atoms with van der Waals surface area (Å²) < 4.78 is 5.04. The molecule has 22 heavy (non-hydrogen) atoms. The Morgan fingerprint density at radius 3 is 2.59 bits per heavy atom. The standard InChI is InChI=1S/C16H11ClN2O3/c17-12-4-1-10(2-5-12)15(20)8-22-16(21)11-3-6-13-14(7-11)19-9-18-13/h1-7,9H,8H2,(H,18,19). The lowest BCUT2D eigenvalue weighted by Crippen LogP contribution is -2.14.